The Kier molecular flexibility index (Phi) is 5.01. The minimum Gasteiger partial charge on any atom is -0.481 e. The predicted octanol–water partition coefficient (Wildman–Crippen LogP) is 1.46. The first-order valence-corrected chi connectivity index (χ1v) is 5.14. The number of rotatable bonds is 6. The molecule has 0 amide bonds. The van der Waals surface area contributed by atoms with E-state index in [0.717, 1.165) is 0 Å². The van der Waals surface area contributed by atoms with Gasteiger partial charge in [-0.25, -0.2) is 9.79 Å². The van der Waals surface area contributed by atoms with E-state index in [1.807, 2.05) is 0 Å². The number of hydrogen-bond donors (Lipinski definition) is 2. The number of para-hydroxylation sites is 1. The molecule has 0 unspecified atom stereocenters. The molecule has 0 saturated heterocycles. The summed E-state index contributed by atoms with van der Waals surface area (Å²) in [6.07, 6.45) is -0.628. The second-order valence-electron chi connectivity index (χ2n) is 3.50. The molecule has 0 bridgehead atoms. The van der Waals surface area contributed by atoms with E-state index < -0.39 is 24.1 Å². The van der Waals surface area contributed by atoms with Crippen molar-refractivity contribution in [3.8, 4) is 0 Å². The van der Waals surface area contributed by atoms with Gasteiger partial charge in [0.1, 0.15) is 5.71 Å². The molecule has 96 valence electrons. The van der Waals surface area contributed by atoms with Crippen LogP contribution >= 0.6 is 0 Å². The molecule has 0 aromatic heterocycles. The van der Waals surface area contributed by atoms with E-state index in [9.17, 15) is 9.59 Å². The van der Waals surface area contributed by atoms with E-state index in [0.29, 0.717) is 11.3 Å². The quantitative estimate of drug-likeness (QED) is 0.746. The number of nitrogens with zero attached hydrogens (tertiary/aromatic N) is 1. The van der Waals surface area contributed by atoms with Crippen LogP contribution in [0.15, 0.2) is 29.3 Å². The summed E-state index contributed by atoms with van der Waals surface area (Å²) in [6, 6.07) is 6.81. The minimum atomic E-state index is -1.34. The van der Waals surface area contributed by atoms with Gasteiger partial charge in [0.05, 0.1) is 18.7 Å². The maximum absolute atomic E-state index is 10.9. The van der Waals surface area contributed by atoms with Gasteiger partial charge in [-0.2, -0.15) is 0 Å². The van der Waals surface area contributed by atoms with Crippen LogP contribution in [0.2, 0.25) is 0 Å². The van der Waals surface area contributed by atoms with Gasteiger partial charge in [-0.1, -0.05) is 18.2 Å². The minimum absolute atomic E-state index is 0.277. The summed E-state index contributed by atoms with van der Waals surface area (Å²) in [5, 5.41) is 17.5. The van der Waals surface area contributed by atoms with Crippen molar-refractivity contribution in [2.24, 2.45) is 4.99 Å². The van der Waals surface area contributed by atoms with Crippen molar-refractivity contribution in [3.05, 3.63) is 29.8 Å². The van der Waals surface area contributed by atoms with E-state index in [2.05, 4.69) is 4.99 Å². The third kappa shape index (κ3) is 3.99. The first-order chi connectivity index (χ1) is 8.54. The van der Waals surface area contributed by atoms with Gasteiger partial charge in [0, 0.05) is 12.7 Å². The second kappa shape index (κ2) is 6.51. The van der Waals surface area contributed by atoms with E-state index in [1.165, 1.54) is 7.11 Å². The molecule has 1 aromatic rings. The average Bonchev–Trinajstić information content (AvgIpc) is 2.30. The van der Waals surface area contributed by atoms with Crippen molar-refractivity contribution in [1.29, 1.82) is 0 Å². The summed E-state index contributed by atoms with van der Waals surface area (Å²) in [5.74, 6) is -2.58. The van der Waals surface area contributed by atoms with Gasteiger partial charge in [-0.15, -0.1) is 0 Å². The number of aliphatic carboxylic acids is 2. The summed E-state index contributed by atoms with van der Waals surface area (Å²) in [4.78, 5) is 25.3. The van der Waals surface area contributed by atoms with E-state index in [1.54, 1.807) is 24.3 Å². The molecule has 0 atom stereocenters. The normalized spacial score (nSPS) is 11.3. The van der Waals surface area contributed by atoms with Gasteiger partial charge in [0.2, 0.25) is 0 Å². The van der Waals surface area contributed by atoms with E-state index in [4.69, 9.17) is 14.9 Å². The monoisotopic (exact) mass is 251 g/mol. The van der Waals surface area contributed by atoms with Crippen LogP contribution in [-0.2, 0) is 20.9 Å². The fourth-order valence-corrected chi connectivity index (χ4v) is 1.35. The maximum atomic E-state index is 10.9. The van der Waals surface area contributed by atoms with Crippen molar-refractivity contribution < 1.29 is 24.5 Å². The van der Waals surface area contributed by atoms with Crippen LogP contribution in [0.1, 0.15) is 12.0 Å². The Morgan fingerprint density at radius 1 is 1.28 bits per heavy atom. The Balaban J connectivity index is 3.10. The van der Waals surface area contributed by atoms with Gasteiger partial charge in [0.25, 0.3) is 0 Å². The molecule has 0 spiro atoms. The molecule has 1 aromatic carbocycles. The first-order valence-electron chi connectivity index (χ1n) is 5.14. The first kappa shape index (κ1) is 13.9. The number of hydrogen-bond acceptors (Lipinski definition) is 4. The van der Waals surface area contributed by atoms with Gasteiger partial charge in [0.15, 0.2) is 0 Å². The highest BCUT2D eigenvalue weighted by molar-refractivity contribution is 6.39. The lowest BCUT2D eigenvalue weighted by Crippen LogP contribution is -2.17. The number of ether oxygens (including phenoxy) is 1. The van der Waals surface area contributed by atoms with Crippen LogP contribution in [0, 0.1) is 0 Å². The highest BCUT2D eigenvalue weighted by Crippen LogP contribution is 2.20. The molecule has 0 aliphatic carbocycles. The molecule has 0 aliphatic rings. The number of carboxylic acids is 2. The van der Waals surface area contributed by atoms with Gasteiger partial charge in [-0.05, 0) is 6.07 Å². The molecular weight excluding hydrogens is 238 g/mol. The third-order valence-corrected chi connectivity index (χ3v) is 2.11. The van der Waals surface area contributed by atoms with E-state index >= 15 is 0 Å². The lowest BCUT2D eigenvalue weighted by atomic mass is 10.2. The smallest absolute Gasteiger partial charge is 0.350 e. The van der Waals surface area contributed by atoms with Crippen molar-refractivity contribution in [2.45, 2.75) is 13.0 Å². The average molecular weight is 251 g/mol. The van der Waals surface area contributed by atoms with Crippen LogP contribution in [-0.4, -0.2) is 35.0 Å². The third-order valence-electron chi connectivity index (χ3n) is 2.11. The molecule has 0 heterocycles. The van der Waals surface area contributed by atoms with Crippen LogP contribution in [0.4, 0.5) is 5.69 Å². The zero-order valence-electron chi connectivity index (χ0n) is 9.79. The number of carboxylic acid groups (broad SMARTS) is 2. The SMILES string of the molecule is COCc1ccccc1N=C(CC(=O)O)C(=O)O. The molecule has 0 radical (unpaired) electrons. The van der Waals surface area contributed by atoms with Crippen molar-refractivity contribution >= 4 is 23.3 Å². The highest BCUT2D eigenvalue weighted by atomic mass is 16.5. The van der Waals surface area contributed by atoms with Crippen LogP contribution in [0.3, 0.4) is 0 Å². The van der Waals surface area contributed by atoms with Gasteiger partial charge < -0.3 is 14.9 Å². The van der Waals surface area contributed by atoms with Crippen molar-refractivity contribution in [1.82, 2.24) is 0 Å². The van der Waals surface area contributed by atoms with Gasteiger partial charge >= 0.3 is 11.9 Å². The summed E-state index contributed by atoms with van der Waals surface area (Å²) in [6.45, 7) is 0.277. The number of benzene rings is 1. The molecule has 0 saturated carbocycles. The fraction of sp³-hybridized carbons (Fsp3) is 0.250. The van der Waals surface area contributed by atoms with Crippen LogP contribution < -0.4 is 0 Å². The largest absolute Gasteiger partial charge is 0.481 e. The van der Waals surface area contributed by atoms with Crippen molar-refractivity contribution in [3.63, 3.8) is 0 Å². The number of methoxy groups -OCH3 is 1. The molecule has 0 aliphatic heterocycles. The Morgan fingerprint density at radius 3 is 2.50 bits per heavy atom. The molecular formula is C12H13NO5. The maximum Gasteiger partial charge on any atom is 0.350 e. The van der Waals surface area contributed by atoms with Crippen LogP contribution in [0.5, 0.6) is 0 Å². The zero-order valence-corrected chi connectivity index (χ0v) is 9.79. The molecule has 1 rings (SSSR count). The zero-order chi connectivity index (χ0) is 13.5. The lowest BCUT2D eigenvalue weighted by Gasteiger charge is -2.05. The summed E-state index contributed by atoms with van der Waals surface area (Å²) >= 11 is 0. The van der Waals surface area contributed by atoms with Gasteiger partial charge in [-0.3, -0.25) is 4.79 Å². The standard InChI is InChI=1S/C12H13NO5/c1-18-7-8-4-2-3-5-9(8)13-10(12(16)17)6-11(14)15/h2-5H,6-7H2,1H3,(H,14,15)(H,16,17). The highest BCUT2D eigenvalue weighted by Gasteiger charge is 2.14. The number of aliphatic imine (C=N–C) groups is 1. The molecule has 6 nitrogen and oxygen atoms in total. The second-order valence-corrected chi connectivity index (χ2v) is 3.50. The Bertz CT molecular complexity index is 481. The Labute approximate surface area is 104 Å². The number of carbonyl (C=O) groups is 2. The predicted molar refractivity (Wildman–Crippen MR) is 64.1 cm³/mol. The topological polar surface area (TPSA) is 96.2 Å². The van der Waals surface area contributed by atoms with Crippen LogP contribution in [0.25, 0.3) is 0 Å². The summed E-state index contributed by atoms with van der Waals surface area (Å²) in [7, 11) is 1.51. The Hall–Kier alpha value is -2.21. The fourth-order valence-electron chi connectivity index (χ4n) is 1.35. The molecule has 0 fully saturated rings. The lowest BCUT2D eigenvalue weighted by molar-refractivity contribution is -0.137. The van der Waals surface area contributed by atoms with Crippen molar-refractivity contribution in [2.75, 3.05) is 7.11 Å². The van der Waals surface area contributed by atoms with E-state index in [-0.39, 0.29) is 6.61 Å². The Morgan fingerprint density at radius 2 is 1.94 bits per heavy atom. The summed E-state index contributed by atoms with van der Waals surface area (Å²) < 4.78 is 4.96. The molecule has 2 N–H and O–H groups in total. The summed E-state index contributed by atoms with van der Waals surface area (Å²) in [5.41, 5.74) is 0.688. The molecule has 6 heteroatoms. The molecule has 18 heavy (non-hydrogen) atoms.